The van der Waals surface area contributed by atoms with Crippen LogP contribution in [0.5, 0.6) is 0 Å². The number of hydrogen-bond donors (Lipinski definition) is 0. The molecule has 1 aromatic carbocycles. The molecule has 0 atom stereocenters. The number of nitrogens with zero attached hydrogens (tertiary/aromatic N) is 3. The Morgan fingerprint density at radius 2 is 2.23 bits per heavy atom. The number of carbonyl (C=O) groups excluding carboxylic acids is 1. The lowest BCUT2D eigenvalue weighted by atomic mass is 10.2. The van der Waals surface area contributed by atoms with Crippen LogP contribution in [0, 0.1) is 17.0 Å². The molecular weight excluding hydrogens is 286 g/mol. The van der Waals surface area contributed by atoms with Crippen LogP contribution in [0.3, 0.4) is 0 Å². The Balaban J connectivity index is 2.29. The summed E-state index contributed by atoms with van der Waals surface area (Å²) < 4.78 is 6.51. The number of rotatable bonds is 6. The second kappa shape index (κ2) is 6.84. The highest BCUT2D eigenvalue weighted by Gasteiger charge is 2.18. The average molecular weight is 303 g/mol. The summed E-state index contributed by atoms with van der Waals surface area (Å²) in [6, 6.07) is 5.00. The largest absolute Gasteiger partial charge is 0.466 e. The van der Waals surface area contributed by atoms with Crippen LogP contribution in [0.2, 0.25) is 0 Å². The van der Waals surface area contributed by atoms with Gasteiger partial charge < -0.3 is 4.74 Å². The van der Waals surface area contributed by atoms with Crippen molar-refractivity contribution >= 4 is 11.7 Å². The lowest BCUT2D eigenvalue weighted by Crippen LogP contribution is -2.09. The predicted molar refractivity (Wildman–Crippen MR) is 79.9 cm³/mol. The number of esters is 1. The van der Waals surface area contributed by atoms with Crippen molar-refractivity contribution in [3.05, 3.63) is 52.1 Å². The van der Waals surface area contributed by atoms with Crippen molar-refractivity contribution in [3.63, 3.8) is 0 Å². The molecule has 0 aliphatic carbocycles. The summed E-state index contributed by atoms with van der Waals surface area (Å²) in [6.07, 6.45) is 3.75. The third kappa shape index (κ3) is 3.49. The first-order chi connectivity index (χ1) is 10.5. The molecule has 22 heavy (non-hydrogen) atoms. The van der Waals surface area contributed by atoms with Crippen LogP contribution < -0.4 is 0 Å². The van der Waals surface area contributed by atoms with Crippen molar-refractivity contribution in [2.75, 3.05) is 6.61 Å². The molecule has 2 rings (SSSR count). The van der Waals surface area contributed by atoms with E-state index in [4.69, 9.17) is 4.74 Å². The Bertz CT molecular complexity index is 694. The van der Waals surface area contributed by atoms with Gasteiger partial charge in [-0.2, -0.15) is 0 Å². The molecule has 0 N–H and O–H groups in total. The van der Waals surface area contributed by atoms with Gasteiger partial charge in [-0.05, 0) is 25.5 Å². The molecule has 0 aliphatic heterocycles. The van der Waals surface area contributed by atoms with Gasteiger partial charge in [0.2, 0.25) is 0 Å². The van der Waals surface area contributed by atoms with Crippen LogP contribution >= 0.6 is 0 Å². The molecule has 2 aromatic rings. The molecule has 7 nitrogen and oxygen atoms in total. The minimum Gasteiger partial charge on any atom is -0.466 e. The quantitative estimate of drug-likeness (QED) is 0.465. The van der Waals surface area contributed by atoms with E-state index >= 15 is 0 Å². The number of hydrogen-bond acceptors (Lipinski definition) is 5. The second-order valence-electron chi connectivity index (χ2n) is 4.77. The molecule has 0 unspecified atom stereocenters. The highest BCUT2D eigenvalue weighted by Crippen LogP contribution is 2.25. The van der Waals surface area contributed by atoms with Crippen molar-refractivity contribution in [1.82, 2.24) is 9.55 Å². The molecule has 0 saturated carbocycles. The predicted octanol–water partition coefficient (Wildman–Crippen LogP) is 2.58. The third-order valence-electron chi connectivity index (χ3n) is 3.16. The smallest absolute Gasteiger partial charge is 0.306 e. The van der Waals surface area contributed by atoms with Crippen LogP contribution in [0.25, 0.3) is 5.69 Å². The lowest BCUT2D eigenvalue weighted by molar-refractivity contribution is -0.384. The van der Waals surface area contributed by atoms with Gasteiger partial charge in [-0.3, -0.25) is 19.5 Å². The van der Waals surface area contributed by atoms with Crippen LogP contribution in [-0.4, -0.2) is 27.1 Å². The molecule has 0 spiro atoms. The van der Waals surface area contributed by atoms with Crippen molar-refractivity contribution in [2.24, 2.45) is 0 Å². The Hall–Kier alpha value is -2.70. The SMILES string of the molecule is CCOC(=O)CCc1nccn1-c1ccc(C)cc1[N+](=O)[O-]. The van der Waals surface area contributed by atoms with E-state index in [0.29, 0.717) is 24.5 Å². The van der Waals surface area contributed by atoms with Gasteiger partial charge in [0.05, 0.1) is 18.0 Å². The van der Waals surface area contributed by atoms with Crippen LogP contribution in [0.1, 0.15) is 24.7 Å². The summed E-state index contributed by atoms with van der Waals surface area (Å²) >= 11 is 0. The fourth-order valence-electron chi connectivity index (χ4n) is 2.17. The Morgan fingerprint density at radius 3 is 2.91 bits per heavy atom. The van der Waals surface area contributed by atoms with E-state index in [1.54, 1.807) is 42.9 Å². The van der Waals surface area contributed by atoms with Crippen LogP contribution in [0.4, 0.5) is 5.69 Å². The minimum atomic E-state index is -0.419. The molecule has 116 valence electrons. The topological polar surface area (TPSA) is 87.3 Å². The van der Waals surface area contributed by atoms with E-state index in [-0.39, 0.29) is 18.1 Å². The molecule has 1 aromatic heterocycles. The number of nitro groups is 1. The summed E-state index contributed by atoms with van der Waals surface area (Å²) in [6.45, 7) is 3.87. The normalized spacial score (nSPS) is 10.5. The molecule has 7 heteroatoms. The maximum absolute atomic E-state index is 11.4. The van der Waals surface area contributed by atoms with Gasteiger partial charge in [0.15, 0.2) is 0 Å². The van der Waals surface area contributed by atoms with Crippen molar-refractivity contribution in [3.8, 4) is 5.69 Å². The molecule has 0 amide bonds. The first-order valence-electron chi connectivity index (χ1n) is 6.96. The van der Waals surface area contributed by atoms with E-state index in [2.05, 4.69) is 4.98 Å². The molecular formula is C15H17N3O4. The summed E-state index contributed by atoms with van der Waals surface area (Å²) in [5.41, 5.74) is 1.26. The molecule has 0 radical (unpaired) electrons. The van der Waals surface area contributed by atoms with Gasteiger partial charge in [-0.25, -0.2) is 4.98 Å². The molecule has 0 saturated heterocycles. The van der Waals surface area contributed by atoms with E-state index in [9.17, 15) is 14.9 Å². The number of nitro benzene ring substituents is 1. The first-order valence-corrected chi connectivity index (χ1v) is 6.96. The highest BCUT2D eigenvalue weighted by molar-refractivity contribution is 5.69. The van der Waals surface area contributed by atoms with Gasteiger partial charge >= 0.3 is 5.97 Å². The summed E-state index contributed by atoms with van der Waals surface area (Å²) in [5.74, 6) is 0.274. The summed E-state index contributed by atoms with van der Waals surface area (Å²) in [4.78, 5) is 26.4. The van der Waals surface area contributed by atoms with Crippen LogP contribution in [-0.2, 0) is 16.0 Å². The lowest BCUT2D eigenvalue weighted by Gasteiger charge is -2.09. The highest BCUT2D eigenvalue weighted by atomic mass is 16.6. The number of benzene rings is 1. The van der Waals surface area contributed by atoms with E-state index in [0.717, 1.165) is 5.56 Å². The zero-order valence-electron chi connectivity index (χ0n) is 12.5. The fourth-order valence-corrected chi connectivity index (χ4v) is 2.17. The van der Waals surface area contributed by atoms with Crippen molar-refractivity contribution in [2.45, 2.75) is 26.7 Å². The number of aromatic nitrogens is 2. The van der Waals surface area contributed by atoms with E-state index < -0.39 is 4.92 Å². The number of ether oxygens (including phenoxy) is 1. The third-order valence-corrected chi connectivity index (χ3v) is 3.16. The first kappa shape index (κ1) is 15.7. The van der Waals surface area contributed by atoms with Gasteiger partial charge in [0.25, 0.3) is 5.69 Å². The maximum Gasteiger partial charge on any atom is 0.306 e. The van der Waals surface area contributed by atoms with E-state index in [1.807, 2.05) is 0 Å². The number of aryl methyl sites for hydroxylation is 2. The van der Waals surface area contributed by atoms with Gasteiger partial charge in [-0.15, -0.1) is 0 Å². The summed E-state index contributed by atoms with van der Waals surface area (Å²) in [7, 11) is 0. The van der Waals surface area contributed by atoms with Crippen LogP contribution in [0.15, 0.2) is 30.6 Å². The monoisotopic (exact) mass is 303 g/mol. The fraction of sp³-hybridized carbons (Fsp3) is 0.333. The maximum atomic E-state index is 11.4. The Morgan fingerprint density at radius 1 is 1.45 bits per heavy atom. The average Bonchev–Trinajstić information content (AvgIpc) is 2.93. The molecule has 0 bridgehead atoms. The Labute approximate surface area is 127 Å². The number of carbonyl (C=O) groups is 1. The molecule has 1 heterocycles. The van der Waals surface area contributed by atoms with Crippen molar-refractivity contribution < 1.29 is 14.5 Å². The summed E-state index contributed by atoms with van der Waals surface area (Å²) in [5, 5.41) is 11.2. The standard InChI is InChI=1S/C15H17N3O4/c1-3-22-15(19)7-6-14-16-8-9-17(14)12-5-4-11(2)10-13(12)18(20)21/h4-5,8-10H,3,6-7H2,1-2H3. The van der Waals surface area contributed by atoms with Gasteiger partial charge in [0.1, 0.15) is 11.5 Å². The minimum absolute atomic E-state index is 0.00962. The van der Waals surface area contributed by atoms with Crippen molar-refractivity contribution in [1.29, 1.82) is 0 Å². The number of imidazole rings is 1. The molecule has 0 fully saturated rings. The zero-order chi connectivity index (χ0) is 16.1. The Kier molecular flexibility index (Phi) is 4.88. The second-order valence-corrected chi connectivity index (χ2v) is 4.77. The zero-order valence-corrected chi connectivity index (χ0v) is 12.5. The van der Waals surface area contributed by atoms with Gasteiger partial charge in [-0.1, -0.05) is 6.07 Å². The van der Waals surface area contributed by atoms with E-state index in [1.165, 1.54) is 6.07 Å². The van der Waals surface area contributed by atoms with Gasteiger partial charge in [0, 0.05) is 24.9 Å². The molecule has 0 aliphatic rings.